The van der Waals surface area contributed by atoms with E-state index in [1.54, 1.807) is 18.3 Å². The first-order chi connectivity index (χ1) is 21.3. The maximum absolute atomic E-state index is 13.2. The minimum absolute atomic E-state index is 0.0616. The van der Waals surface area contributed by atoms with Crippen LogP contribution in [0.5, 0.6) is 0 Å². The fraction of sp³-hybridized carbons (Fsp3) is 0.323. The first-order valence-electron chi connectivity index (χ1n) is 14.6. The second-order valence-electron chi connectivity index (χ2n) is 10.7. The molecule has 0 saturated heterocycles. The van der Waals surface area contributed by atoms with Crippen LogP contribution < -0.4 is 20.7 Å². The van der Waals surface area contributed by atoms with Crippen molar-refractivity contribution in [1.29, 1.82) is 0 Å². The van der Waals surface area contributed by atoms with Crippen molar-refractivity contribution in [2.24, 2.45) is 11.8 Å². The third kappa shape index (κ3) is 8.54. The summed E-state index contributed by atoms with van der Waals surface area (Å²) in [6.07, 6.45) is 5.82. The van der Waals surface area contributed by atoms with Crippen molar-refractivity contribution in [2.75, 3.05) is 29.0 Å². The highest BCUT2D eigenvalue weighted by molar-refractivity contribution is 7.89. The van der Waals surface area contributed by atoms with Gasteiger partial charge in [0.25, 0.3) is 5.91 Å². The number of halogens is 1. The van der Waals surface area contributed by atoms with Gasteiger partial charge in [0.15, 0.2) is 0 Å². The Morgan fingerprint density at radius 2 is 1.57 bits per heavy atom. The van der Waals surface area contributed by atoms with Gasteiger partial charge in [0.2, 0.25) is 21.9 Å². The number of carbonyl (C=O) groups is 1. The second-order valence-corrected chi connectivity index (χ2v) is 12.5. The molecule has 2 heterocycles. The molecule has 4 N–H and O–H groups in total. The van der Waals surface area contributed by atoms with Gasteiger partial charge in [0, 0.05) is 37.0 Å². The Balaban J connectivity index is 1.13. The van der Waals surface area contributed by atoms with E-state index in [2.05, 4.69) is 40.6 Å². The molecule has 5 rings (SSSR count). The second kappa shape index (κ2) is 14.3. The quantitative estimate of drug-likeness (QED) is 0.169. The summed E-state index contributed by atoms with van der Waals surface area (Å²) in [5.74, 6) is 1.71. The van der Waals surface area contributed by atoms with E-state index in [1.165, 1.54) is 12.1 Å². The van der Waals surface area contributed by atoms with E-state index in [0.29, 0.717) is 60.2 Å². The van der Waals surface area contributed by atoms with Crippen LogP contribution in [-0.2, 0) is 16.4 Å². The number of sulfonamides is 1. The van der Waals surface area contributed by atoms with Crippen LogP contribution >= 0.6 is 0 Å². The molecule has 2 aromatic heterocycles. The van der Waals surface area contributed by atoms with E-state index in [0.717, 1.165) is 37.8 Å². The summed E-state index contributed by atoms with van der Waals surface area (Å²) < 4.78 is 40.9. The lowest BCUT2D eigenvalue weighted by Crippen LogP contribution is -2.32. The number of hydrogen-bond acceptors (Lipinski definition) is 9. The van der Waals surface area contributed by atoms with Gasteiger partial charge in [0.05, 0.1) is 4.90 Å². The molecule has 0 aliphatic heterocycles. The van der Waals surface area contributed by atoms with Crippen molar-refractivity contribution in [3.8, 4) is 0 Å². The van der Waals surface area contributed by atoms with E-state index < -0.39 is 15.8 Å². The molecule has 230 valence electrons. The minimum Gasteiger partial charge on any atom is -0.354 e. The number of pyridine rings is 1. The first kappa shape index (κ1) is 31.0. The Labute approximate surface area is 256 Å². The van der Waals surface area contributed by atoms with Crippen LogP contribution in [0.15, 0.2) is 77.8 Å². The zero-order valence-electron chi connectivity index (χ0n) is 24.3. The Kier molecular flexibility index (Phi) is 10.1. The SMILES string of the molecule is CCc1nc(NCC2CCC(CNS(=O)(=O)c3ccc(F)cc3)CC2)nc(Nc2cc(C(=O)Nc3ccccc3)ccn2)n1. The minimum atomic E-state index is -3.67. The number of hydrogen-bond donors (Lipinski definition) is 4. The Morgan fingerprint density at radius 1 is 0.886 bits per heavy atom. The highest BCUT2D eigenvalue weighted by atomic mass is 32.2. The number of anilines is 4. The van der Waals surface area contributed by atoms with Gasteiger partial charge < -0.3 is 16.0 Å². The van der Waals surface area contributed by atoms with Gasteiger partial charge in [-0.05, 0) is 86.1 Å². The van der Waals surface area contributed by atoms with Crippen LogP contribution in [0.4, 0.5) is 27.8 Å². The normalized spacial score (nSPS) is 16.7. The van der Waals surface area contributed by atoms with E-state index in [4.69, 9.17) is 0 Å². The number of benzene rings is 2. The van der Waals surface area contributed by atoms with Crippen molar-refractivity contribution >= 4 is 39.3 Å². The molecule has 0 radical (unpaired) electrons. The van der Waals surface area contributed by atoms with Crippen LogP contribution in [0.1, 0.15) is 48.8 Å². The van der Waals surface area contributed by atoms with Crippen LogP contribution in [0.3, 0.4) is 0 Å². The fourth-order valence-corrected chi connectivity index (χ4v) is 6.11. The Bertz CT molecular complexity index is 1670. The van der Waals surface area contributed by atoms with Crippen molar-refractivity contribution in [3.63, 3.8) is 0 Å². The number of rotatable bonds is 12. The highest BCUT2D eigenvalue weighted by Gasteiger charge is 2.24. The van der Waals surface area contributed by atoms with Crippen LogP contribution in [0.25, 0.3) is 0 Å². The lowest BCUT2D eigenvalue weighted by molar-refractivity contribution is 0.102. The molecule has 44 heavy (non-hydrogen) atoms. The smallest absolute Gasteiger partial charge is 0.255 e. The fourth-order valence-electron chi connectivity index (χ4n) is 4.99. The molecule has 1 fully saturated rings. The van der Waals surface area contributed by atoms with Gasteiger partial charge >= 0.3 is 0 Å². The largest absolute Gasteiger partial charge is 0.354 e. The van der Waals surface area contributed by atoms with Gasteiger partial charge in [-0.15, -0.1) is 0 Å². The molecule has 13 heteroatoms. The zero-order valence-corrected chi connectivity index (χ0v) is 25.1. The monoisotopic (exact) mass is 618 g/mol. The molecule has 1 aliphatic carbocycles. The third-order valence-electron chi connectivity index (χ3n) is 7.49. The number of aryl methyl sites for hydroxylation is 1. The molecule has 0 atom stereocenters. The van der Waals surface area contributed by atoms with Crippen LogP contribution in [0.2, 0.25) is 0 Å². The van der Waals surface area contributed by atoms with Crippen molar-refractivity contribution in [3.05, 3.63) is 90.1 Å². The molecule has 1 saturated carbocycles. The number of nitrogens with zero attached hydrogens (tertiary/aromatic N) is 4. The van der Waals surface area contributed by atoms with Crippen molar-refractivity contribution in [1.82, 2.24) is 24.7 Å². The van der Waals surface area contributed by atoms with E-state index in [9.17, 15) is 17.6 Å². The molecule has 4 aromatic rings. The molecule has 0 bridgehead atoms. The lowest BCUT2D eigenvalue weighted by atomic mass is 9.82. The third-order valence-corrected chi connectivity index (χ3v) is 8.93. The van der Waals surface area contributed by atoms with Gasteiger partial charge in [-0.3, -0.25) is 4.79 Å². The van der Waals surface area contributed by atoms with Gasteiger partial charge in [-0.2, -0.15) is 15.0 Å². The maximum atomic E-state index is 13.2. The van der Waals surface area contributed by atoms with Gasteiger partial charge in [0.1, 0.15) is 17.5 Å². The Morgan fingerprint density at radius 3 is 2.27 bits per heavy atom. The zero-order chi connectivity index (χ0) is 30.9. The summed E-state index contributed by atoms with van der Waals surface area (Å²) in [4.78, 5) is 30.6. The standard InChI is InChI=1S/C31H35FN8O3S/c1-2-27-37-30(34-19-21-8-10-22(11-9-21)20-35-44(42,43)26-14-12-24(32)13-15-26)40-31(38-27)39-28-18-23(16-17-33-28)29(41)36-25-6-4-3-5-7-25/h3-7,12-18,21-22,35H,2,8-11,19-20H2,1H3,(H,36,41)(H2,33,34,37,38,39,40). The molecular weight excluding hydrogens is 583 g/mol. The number of nitrogens with one attached hydrogen (secondary N) is 4. The van der Waals surface area contributed by atoms with Gasteiger partial charge in [-0.25, -0.2) is 22.5 Å². The van der Waals surface area contributed by atoms with Gasteiger partial charge in [-0.1, -0.05) is 25.1 Å². The molecular formula is C31H35FN8O3S. The Hall–Kier alpha value is -4.49. The van der Waals surface area contributed by atoms with Crippen LogP contribution in [-0.4, -0.2) is 47.4 Å². The summed E-state index contributed by atoms with van der Waals surface area (Å²) in [5, 5.41) is 9.30. The molecule has 1 amide bonds. The number of para-hydroxylation sites is 1. The number of aromatic nitrogens is 4. The summed E-state index contributed by atoms with van der Waals surface area (Å²) in [6, 6.07) is 17.3. The first-order valence-corrected chi connectivity index (χ1v) is 16.1. The van der Waals surface area contributed by atoms with Crippen LogP contribution in [0, 0.1) is 17.7 Å². The summed E-state index contributed by atoms with van der Waals surface area (Å²) >= 11 is 0. The molecule has 11 nitrogen and oxygen atoms in total. The summed E-state index contributed by atoms with van der Waals surface area (Å²) in [7, 11) is -3.67. The maximum Gasteiger partial charge on any atom is 0.255 e. The van der Waals surface area contributed by atoms with Crippen molar-refractivity contribution < 1.29 is 17.6 Å². The topological polar surface area (TPSA) is 151 Å². The summed E-state index contributed by atoms with van der Waals surface area (Å²) in [6.45, 7) is 2.99. The number of amides is 1. The predicted octanol–water partition coefficient (Wildman–Crippen LogP) is 5.16. The molecule has 2 aromatic carbocycles. The number of carbonyl (C=O) groups excluding carboxylic acids is 1. The summed E-state index contributed by atoms with van der Waals surface area (Å²) in [5.41, 5.74) is 1.14. The van der Waals surface area contributed by atoms with Crippen molar-refractivity contribution in [2.45, 2.75) is 43.9 Å². The lowest BCUT2D eigenvalue weighted by Gasteiger charge is -2.28. The highest BCUT2D eigenvalue weighted by Crippen LogP contribution is 2.29. The molecule has 1 aliphatic rings. The predicted molar refractivity (Wildman–Crippen MR) is 167 cm³/mol. The van der Waals surface area contributed by atoms with E-state index >= 15 is 0 Å². The van der Waals surface area contributed by atoms with E-state index in [-0.39, 0.29) is 16.7 Å². The van der Waals surface area contributed by atoms with E-state index in [1.807, 2.05) is 37.3 Å². The average molecular weight is 619 g/mol. The molecule has 0 spiro atoms. The molecule has 0 unspecified atom stereocenters. The average Bonchev–Trinajstić information content (AvgIpc) is 3.04.